The van der Waals surface area contributed by atoms with Gasteiger partial charge in [-0.1, -0.05) is 60.7 Å². The van der Waals surface area contributed by atoms with Crippen molar-refractivity contribution < 1.29 is 14.1 Å². The Hall–Kier alpha value is -4.08. The van der Waals surface area contributed by atoms with Crippen LogP contribution in [0, 0.1) is 25.7 Å². The van der Waals surface area contributed by atoms with Gasteiger partial charge in [0.15, 0.2) is 4.90 Å². The quantitative estimate of drug-likeness (QED) is 0.279. The number of hydrogen-bond acceptors (Lipinski definition) is 6. The number of hydrogen-bond donors (Lipinski definition) is 2. The van der Waals surface area contributed by atoms with E-state index in [-0.39, 0.29) is 17.9 Å². The Morgan fingerprint density at radius 1 is 1.00 bits per heavy atom. The number of aromatic nitrogens is 2. The van der Waals surface area contributed by atoms with Gasteiger partial charge < -0.3 is 19.5 Å². The number of benzene rings is 3. The summed E-state index contributed by atoms with van der Waals surface area (Å²) in [7, 11) is 0. The van der Waals surface area contributed by atoms with Crippen LogP contribution in [-0.4, -0.2) is 45.1 Å². The predicted molar refractivity (Wildman–Crippen MR) is 169 cm³/mol. The van der Waals surface area contributed by atoms with E-state index in [0.717, 1.165) is 47.1 Å². The molecule has 2 unspecified atom stereocenters. The van der Waals surface area contributed by atoms with Crippen LogP contribution in [0.5, 0.6) is 5.88 Å². The van der Waals surface area contributed by atoms with Crippen molar-refractivity contribution in [2.24, 2.45) is 11.8 Å². The number of rotatable bonds is 3. The lowest BCUT2D eigenvalue weighted by molar-refractivity contribution is 0.0893. The van der Waals surface area contributed by atoms with Crippen LogP contribution in [0.4, 0.5) is 10.7 Å². The van der Waals surface area contributed by atoms with Crippen molar-refractivity contribution in [3.05, 3.63) is 101 Å². The number of piperidine rings is 1. The lowest BCUT2D eigenvalue weighted by Gasteiger charge is -2.38. The topological polar surface area (TPSA) is 102 Å². The summed E-state index contributed by atoms with van der Waals surface area (Å²) in [5.41, 5.74) is 6.10. The molecule has 2 aliphatic heterocycles. The number of anilines is 1. The van der Waals surface area contributed by atoms with Crippen LogP contribution < -0.4 is 14.8 Å². The second kappa shape index (κ2) is 13.1. The molecule has 0 spiro atoms. The van der Waals surface area contributed by atoms with E-state index >= 15 is 0 Å². The van der Waals surface area contributed by atoms with E-state index in [0.29, 0.717) is 48.6 Å². The van der Waals surface area contributed by atoms with Crippen molar-refractivity contribution in [2.45, 2.75) is 44.6 Å². The van der Waals surface area contributed by atoms with Crippen molar-refractivity contribution in [1.29, 1.82) is 0 Å². The molecule has 2 N–H and O–H groups in total. The third-order valence-electron chi connectivity index (χ3n) is 8.45. The van der Waals surface area contributed by atoms with E-state index in [2.05, 4.69) is 47.1 Å². The SMILES string of the molecule is Cc1cccc(C)c1-c1cc2nc(n1)N[S+]([O-])c1cccc(c1)CCC1CCN(C(=O)NCc3ccccc3)C[C@@H]1CO2. The molecule has 2 amide bonds. The second-order valence-corrected chi connectivity index (χ2v) is 12.7. The van der Waals surface area contributed by atoms with Crippen LogP contribution in [-0.2, 0) is 24.3 Å². The molecule has 1 saturated heterocycles. The number of ether oxygens (including phenoxy) is 1. The summed E-state index contributed by atoms with van der Waals surface area (Å²) in [6.45, 7) is 6.32. The number of carbonyl (C=O) groups is 1. The third kappa shape index (κ3) is 6.95. The average molecular weight is 596 g/mol. The van der Waals surface area contributed by atoms with Crippen molar-refractivity contribution in [3.63, 3.8) is 0 Å². The largest absolute Gasteiger partial charge is 0.588 e. The van der Waals surface area contributed by atoms with Crippen LogP contribution in [0.25, 0.3) is 11.3 Å². The molecule has 0 radical (unpaired) electrons. The highest BCUT2D eigenvalue weighted by Gasteiger charge is 2.32. The van der Waals surface area contributed by atoms with Gasteiger partial charge in [0.25, 0.3) is 5.95 Å². The minimum atomic E-state index is -1.53. The fraction of sp³-hybridized carbons (Fsp3) is 0.324. The molecule has 8 nitrogen and oxygen atoms in total. The lowest BCUT2D eigenvalue weighted by atomic mass is 9.82. The van der Waals surface area contributed by atoms with Gasteiger partial charge in [-0.3, -0.25) is 0 Å². The van der Waals surface area contributed by atoms with E-state index in [1.54, 1.807) is 0 Å². The molecule has 9 heteroatoms. The molecule has 222 valence electrons. The number of amides is 2. The molecule has 4 aromatic rings. The van der Waals surface area contributed by atoms with Gasteiger partial charge in [0.1, 0.15) is 11.4 Å². The van der Waals surface area contributed by atoms with Gasteiger partial charge >= 0.3 is 6.03 Å². The highest BCUT2D eigenvalue weighted by Crippen LogP contribution is 2.32. The van der Waals surface area contributed by atoms with Crippen molar-refractivity contribution in [1.82, 2.24) is 20.2 Å². The summed E-state index contributed by atoms with van der Waals surface area (Å²) in [6.07, 6.45) is 2.72. The number of likely N-dealkylation sites (tertiary alicyclic amines) is 1. The molecule has 1 aromatic heterocycles. The van der Waals surface area contributed by atoms with E-state index in [4.69, 9.17) is 9.72 Å². The number of aryl methyl sites for hydroxylation is 3. The maximum absolute atomic E-state index is 13.3. The van der Waals surface area contributed by atoms with E-state index in [1.807, 2.05) is 65.6 Å². The Kier molecular flexibility index (Phi) is 8.81. The number of urea groups is 1. The molecule has 43 heavy (non-hydrogen) atoms. The summed E-state index contributed by atoms with van der Waals surface area (Å²) in [5.74, 6) is 1.17. The molecule has 0 aliphatic carbocycles. The van der Waals surface area contributed by atoms with Crippen molar-refractivity contribution in [3.8, 4) is 17.1 Å². The molecule has 1 fully saturated rings. The normalized spacial score (nSPS) is 20.2. The third-order valence-corrected chi connectivity index (χ3v) is 9.50. The smallest absolute Gasteiger partial charge is 0.317 e. The molecular weight excluding hydrogens is 558 g/mol. The summed E-state index contributed by atoms with van der Waals surface area (Å²) in [6, 6.07) is 25.8. The summed E-state index contributed by atoms with van der Waals surface area (Å²) < 4.78 is 22.7. The molecule has 0 saturated carbocycles. The Morgan fingerprint density at radius 2 is 1.79 bits per heavy atom. The number of carbonyl (C=O) groups excluding carboxylic acids is 1. The zero-order valence-corrected chi connectivity index (χ0v) is 25.4. The van der Waals surface area contributed by atoms with E-state index in [9.17, 15) is 9.35 Å². The first-order valence-electron chi connectivity index (χ1n) is 14.9. The van der Waals surface area contributed by atoms with Gasteiger partial charge in [0, 0.05) is 37.2 Å². The van der Waals surface area contributed by atoms with Crippen LogP contribution in [0.1, 0.15) is 35.1 Å². The highest BCUT2D eigenvalue weighted by atomic mass is 32.2. The minimum Gasteiger partial charge on any atom is -0.588 e. The number of nitrogens with one attached hydrogen (secondary N) is 2. The Balaban J connectivity index is 1.28. The maximum Gasteiger partial charge on any atom is 0.317 e. The van der Waals surface area contributed by atoms with Gasteiger partial charge in [-0.05, 0) is 73.4 Å². The molecule has 6 rings (SSSR count). The predicted octanol–water partition coefficient (Wildman–Crippen LogP) is 6.07. The number of nitrogens with zero attached hydrogens (tertiary/aromatic N) is 3. The Labute approximate surface area is 256 Å². The molecule has 3 atom stereocenters. The fourth-order valence-corrected chi connectivity index (χ4v) is 6.95. The standard InChI is InChI=1S/C34H37N5O3S/c1-23-8-6-9-24(2)32(23)30-19-31-37-33(36-30)38-43(41)29-13-7-12-25(18-29)14-15-27-16-17-39(21-28(27)22-42-31)34(40)35-20-26-10-4-3-5-11-26/h3-13,18-19,27-28H,14-17,20-22H2,1-2H3,(H,35,40)(H,36,37,38)/t27?,28-,43?/m1/s1. The Bertz CT molecular complexity index is 1560. The van der Waals surface area contributed by atoms with Crippen LogP contribution >= 0.6 is 0 Å². The van der Waals surface area contributed by atoms with Gasteiger partial charge in [-0.2, -0.15) is 9.71 Å². The Morgan fingerprint density at radius 3 is 2.60 bits per heavy atom. The van der Waals surface area contributed by atoms with Gasteiger partial charge in [-0.15, -0.1) is 0 Å². The first-order chi connectivity index (χ1) is 20.9. The summed E-state index contributed by atoms with van der Waals surface area (Å²) >= 11 is -1.53. The van der Waals surface area contributed by atoms with Gasteiger partial charge in [-0.25, -0.2) is 9.78 Å². The van der Waals surface area contributed by atoms with Crippen LogP contribution in [0.15, 0.2) is 83.8 Å². The van der Waals surface area contributed by atoms with E-state index in [1.165, 1.54) is 0 Å². The van der Waals surface area contributed by atoms with Crippen molar-refractivity contribution >= 4 is 23.3 Å². The van der Waals surface area contributed by atoms with Gasteiger partial charge in [0.2, 0.25) is 5.88 Å². The van der Waals surface area contributed by atoms with E-state index < -0.39 is 11.4 Å². The summed E-state index contributed by atoms with van der Waals surface area (Å²) in [5, 5.41) is 3.09. The monoisotopic (exact) mass is 595 g/mol. The average Bonchev–Trinajstić information content (AvgIpc) is 3.02. The molecule has 3 aromatic carbocycles. The molecule has 3 heterocycles. The van der Waals surface area contributed by atoms with Gasteiger partial charge in [0.05, 0.1) is 12.3 Å². The highest BCUT2D eigenvalue weighted by molar-refractivity contribution is 7.92. The summed E-state index contributed by atoms with van der Waals surface area (Å²) in [4.78, 5) is 25.2. The maximum atomic E-state index is 13.3. The molecule has 4 bridgehead atoms. The second-order valence-electron chi connectivity index (χ2n) is 11.4. The minimum absolute atomic E-state index is 0.0530. The first kappa shape index (κ1) is 29.0. The molecule has 2 aliphatic rings. The fourth-order valence-electron chi connectivity index (χ4n) is 6.11. The van der Waals surface area contributed by atoms with Crippen LogP contribution in [0.3, 0.4) is 0 Å². The zero-order chi connectivity index (χ0) is 29.8. The first-order valence-corrected chi connectivity index (χ1v) is 16.0. The zero-order valence-electron chi connectivity index (χ0n) is 24.6. The lowest BCUT2D eigenvalue weighted by Crippen LogP contribution is -2.49. The van der Waals surface area contributed by atoms with Crippen LogP contribution in [0.2, 0.25) is 0 Å². The van der Waals surface area contributed by atoms with Crippen molar-refractivity contribution in [2.75, 3.05) is 24.4 Å². The number of fused-ring (bicyclic) bond motifs is 5. The molecular formula is C34H37N5O3S.